The van der Waals surface area contributed by atoms with Crippen molar-refractivity contribution in [2.45, 2.75) is 0 Å². The molecule has 1 amide bonds. The van der Waals surface area contributed by atoms with Gasteiger partial charge in [0.15, 0.2) is 0 Å². The summed E-state index contributed by atoms with van der Waals surface area (Å²) in [5.74, 6) is 1.14. The van der Waals surface area contributed by atoms with Gasteiger partial charge >= 0.3 is 0 Å². The minimum atomic E-state index is -0.213. The molecule has 1 N–H and O–H groups in total. The number of thioether (sulfide) groups is 1. The molecule has 0 aliphatic carbocycles. The van der Waals surface area contributed by atoms with Crippen LogP contribution in [0, 0.1) is 0 Å². The summed E-state index contributed by atoms with van der Waals surface area (Å²) in [4.78, 5) is 16.5. The number of likely N-dealkylation sites (N-methyl/N-ethyl adjacent to an activating group) is 1. The molecule has 0 saturated carbocycles. The van der Waals surface area contributed by atoms with E-state index >= 15 is 0 Å². The van der Waals surface area contributed by atoms with Gasteiger partial charge in [-0.25, -0.2) is 0 Å². The highest BCUT2D eigenvalue weighted by atomic mass is 35.5. The maximum Gasteiger partial charge on any atom is 0.234 e. The second-order valence-electron chi connectivity index (χ2n) is 5.61. The van der Waals surface area contributed by atoms with E-state index < -0.39 is 0 Å². The number of hydrazone groups is 1. The molecule has 0 saturated heterocycles. The SMILES string of the molecule is CN1CC(Oc2ccccc2)=NC(SCC(=O)Nc2cc(Cl)cc(Cl)c2)=N1. The number of carbonyl (C=O) groups is 1. The zero-order valence-corrected chi connectivity index (χ0v) is 16.7. The Morgan fingerprint density at radius 3 is 2.63 bits per heavy atom. The lowest BCUT2D eigenvalue weighted by Gasteiger charge is -2.20. The number of nitrogens with one attached hydrogen (secondary N) is 1. The Hall–Kier alpha value is -2.22. The highest BCUT2D eigenvalue weighted by Crippen LogP contribution is 2.23. The Morgan fingerprint density at radius 2 is 1.93 bits per heavy atom. The van der Waals surface area contributed by atoms with Crippen molar-refractivity contribution in [3.8, 4) is 5.75 Å². The first-order valence-electron chi connectivity index (χ1n) is 7.97. The Labute approximate surface area is 171 Å². The fraction of sp³-hybridized carbons (Fsp3) is 0.167. The first kappa shape index (κ1) is 19.5. The van der Waals surface area contributed by atoms with Gasteiger partial charge in [0.2, 0.25) is 17.0 Å². The second kappa shape index (κ2) is 9.12. The normalized spacial score (nSPS) is 13.7. The number of anilines is 1. The lowest BCUT2D eigenvalue weighted by molar-refractivity contribution is -0.113. The predicted molar refractivity (Wildman–Crippen MR) is 112 cm³/mol. The zero-order chi connectivity index (χ0) is 19.2. The summed E-state index contributed by atoms with van der Waals surface area (Å²) in [5, 5.41) is 10.1. The molecule has 1 aliphatic rings. The molecule has 2 aromatic carbocycles. The topological polar surface area (TPSA) is 66.3 Å². The fourth-order valence-electron chi connectivity index (χ4n) is 2.24. The maximum absolute atomic E-state index is 12.2. The summed E-state index contributed by atoms with van der Waals surface area (Å²) < 4.78 is 5.77. The van der Waals surface area contributed by atoms with E-state index in [-0.39, 0.29) is 11.7 Å². The molecular formula is C18H16Cl2N4O2S. The summed E-state index contributed by atoms with van der Waals surface area (Å²) in [7, 11) is 1.82. The van der Waals surface area contributed by atoms with Crippen molar-refractivity contribution in [1.29, 1.82) is 0 Å². The van der Waals surface area contributed by atoms with Crippen LogP contribution in [0.4, 0.5) is 5.69 Å². The second-order valence-corrected chi connectivity index (χ2v) is 7.43. The van der Waals surface area contributed by atoms with Gasteiger partial charge in [-0.2, -0.15) is 4.99 Å². The van der Waals surface area contributed by atoms with Crippen LogP contribution in [-0.2, 0) is 4.79 Å². The number of carbonyl (C=O) groups excluding carboxylic acids is 1. The van der Waals surface area contributed by atoms with E-state index in [0.717, 1.165) is 0 Å². The van der Waals surface area contributed by atoms with Crippen LogP contribution in [0.1, 0.15) is 0 Å². The summed E-state index contributed by atoms with van der Waals surface area (Å²) in [5.41, 5.74) is 0.539. The predicted octanol–water partition coefficient (Wildman–Crippen LogP) is 4.36. The van der Waals surface area contributed by atoms with E-state index in [1.54, 1.807) is 23.2 Å². The first-order chi connectivity index (χ1) is 13.0. The van der Waals surface area contributed by atoms with Crippen LogP contribution in [0.3, 0.4) is 0 Å². The van der Waals surface area contributed by atoms with Crippen LogP contribution in [0.2, 0.25) is 10.0 Å². The number of amides is 1. The molecule has 1 heterocycles. The van der Waals surface area contributed by atoms with Gasteiger partial charge in [-0.1, -0.05) is 53.2 Å². The summed E-state index contributed by atoms with van der Waals surface area (Å²) in [6, 6.07) is 14.3. The number of amidine groups is 1. The molecule has 3 rings (SSSR count). The van der Waals surface area contributed by atoms with E-state index in [4.69, 9.17) is 27.9 Å². The van der Waals surface area contributed by atoms with Crippen molar-refractivity contribution in [1.82, 2.24) is 5.01 Å². The van der Waals surface area contributed by atoms with Gasteiger partial charge in [0.05, 0.1) is 5.75 Å². The lowest BCUT2D eigenvalue weighted by atomic mass is 10.3. The van der Waals surface area contributed by atoms with Crippen LogP contribution in [0.25, 0.3) is 0 Å². The van der Waals surface area contributed by atoms with E-state index in [1.807, 2.05) is 37.4 Å². The molecule has 27 heavy (non-hydrogen) atoms. The minimum absolute atomic E-state index is 0.138. The number of nitrogens with zero attached hydrogens (tertiary/aromatic N) is 3. The summed E-state index contributed by atoms with van der Waals surface area (Å²) >= 11 is 13.1. The third-order valence-electron chi connectivity index (χ3n) is 3.30. The van der Waals surface area contributed by atoms with Crippen LogP contribution < -0.4 is 10.1 Å². The quantitative estimate of drug-likeness (QED) is 0.794. The largest absolute Gasteiger partial charge is 0.441 e. The molecule has 0 unspecified atom stereocenters. The number of benzene rings is 2. The molecule has 0 spiro atoms. The number of hydrogen-bond acceptors (Lipinski definition) is 6. The summed E-state index contributed by atoms with van der Waals surface area (Å²) in [6.45, 7) is 0.451. The van der Waals surface area contributed by atoms with Gasteiger partial charge in [0.1, 0.15) is 12.3 Å². The monoisotopic (exact) mass is 422 g/mol. The van der Waals surface area contributed by atoms with Crippen molar-refractivity contribution in [3.05, 3.63) is 58.6 Å². The van der Waals surface area contributed by atoms with E-state index in [1.165, 1.54) is 11.8 Å². The molecule has 9 heteroatoms. The van der Waals surface area contributed by atoms with Crippen molar-refractivity contribution >= 4 is 57.6 Å². The molecule has 1 aliphatic heterocycles. The Morgan fingerprint density at radius 1 is 1.22 bits per heavy atom. The standard InChI is InChI=1S/C18H16Cl2N4O2S/c1-24-10-17(26-15-5-3-2-4-6-15)22-18(23-24)27-11-16(25)21-14-8-12(19)7-13(20)9-14/h2-9H,10-11H2,1H3,(H,21,25). The van der Waals surface area contributed by atoms with Crippen molar-refractivity contribution < 1.29 is 9.53 Å². The van der Waals surface area contributed by atoms with Gasteiger partial charge < -0.3 is 10.1 Å². The number of ether oxygens (including phenoxy) is 1. The molecule has 2 aromatic rings. The average Bonchev–Trinajstić information content (AvgIpc) is 2.59. The number of rotatable bonds is 4. The molecule has 0 atom stereocenters. The Kier molecular flexibility index (Phi) is 6.60. The van der Waals surface area contributed by atoms with Crippen LogP contribution in [0.15, 0.2) is 58.6 Å². The zero-order valence-electron chi connectivity index (χ0n) is 14.4. The van der Waals surface area contributed by atoms with Crippen molar-refractivity contribution in [3.63, 3.8) is 0 Å². The van der Waals surface area contributed by atoms with Gasteiger partial charge in [-0.15, -0.1) is 5.10 Å². The smallest absolute Gasteiger partial charge is 0.234 e. The Balaban J connectivity index is 1.58. The lowest BCUT2D eigenvalue weighted by Crippen LogP contribution is -2.31. The molecule has 140 valence electrons. The van der Waals surface area contributed by atoms with Crippen LogP contribution >= 0.6 is 35.0 Å². The third-order valence-corrected chi connectivity index (χ3v) is 4.57. The molecule has 0 radical (unpaired) electrons. The molecule has 0 aromatic heterocycles. The average molecular weight is 423 g/mol. The van der Waals surface area contributed by atoms with E-state index in [0.29, 0.717) is 39.1 Å². The highest BCUT2D eigenvalue weighted by Gasteiger charge is 2.16. The number of hydrogen-bond donors (Lipinski definition) is 1. The minimum Gasteiger partial charge on any atom is -0.441 e. The highest BCUT2D eigenvalue weighted by molar-refractivity contribution is 8.14. The van der Waals surface area contributed by atoms with Gasteiger partial charge in [0.25, 0.3) is 0 Å². The number of halogens is 2. The summed E-state index contributed by atoms with van der Waals surface area (Å²) in [6.07, 6.45) is 0. The van der Waals surface area contributed by atoms with Crippen LogP contribution in [-0.4, -0.2) is 41.3 Å². The molecular weight excluding hydrogens is 407 g/mol. The van der Waals surface area contributed by atoms with Crippen molar-refractivity contribution in [2.75, 3.05) is 24.7 Å². The number of aliphatic imine (C=N–C) groups is 1. The van der Waals surface area contributed by atoms with Crippen molar-refractivity contribution in [2.24, 2.45) is 10.1 Å². The van der Waals surface area contributed by atoms with Gasteiger partial charge in [0, 0.05) is 22.8 Å². The van der Waals surface area contributed by atoms with E-state index in [9.17, 15) is 4.79 Å². The first-order valence-corrected chi connectivity index (χ1v) is 9.71. The molecule has 0 fully saturated rings. The molecule has 6 nitrogen and oxygen atoms in total. The third kappa shape index (κ3) is 6.16. The van der Waals surface area contributed by atoms with Crippen LogP contribution in [0.5, 0.6) is 5.75 Å². The Bertz CT molecular complexity index is 870. The van der Waals surface area contributed by atoms with Gasteiger partial charge in [-0.3, -0.25) is 9.80 Å². The van der Waals surface area contributed by atoms with E-state index in [2.05, 4.69) is 15.4 Å². The van der Waals surface area contributed by atoms with Gasteiger partial charge in [-0.05, 0) is 30.3 Å². The fourth-order valence-corrected chi connectivity index (χ4v) is 3.46. The maximum atomic E-state index is 12.2. The number of para-hydroxylation sites is 1. The molecule has 0 bridgehead atoms.